The Balaban J connectivity index is 1.20. The average molecular weight is 579 g/mol. The van der Waals surface area contributed by atoms with E-state index in [1.165, 1.54) is 0 Å². The van der Waals surface area contributed by atoms with Gasteiger partial charge in [0.05, 0.1) is 16.9 Å². The van der Waals surface area contributed by atoms with Gasteiger partial charge in [-0.15, -0.1) is 0 Å². The maximum Gasteiger partial charge on any atom is 0.194 e. The number of aromatic nitrogens is 2. The normalized spacial score (nSPS) is 11.9. The van der Waals surface area contributed by atoms with Crippen molar-refractivity contribution in [1.29, 1.82) is 0 Å². The first kappa shape index (κ1) is 25.4. The van der Waals surface area contributed by atoms with Gasteiger partial charge in [0.1, 0.15) is 5.52 Å². The Morgan fingerprint density at radius 3 is 1.76 bits per heavy atom. The van der Waals surface area contributed by atoms with Gasteiger partial charge in [-0.25, -0.2) is 4.98 Å². The van der Waals surface area contributed by atoms with Crippen molar-refractivity contribution in [2.75, 3.05) is 0 Å². The molecule has 2 aromatic heterocycles. The molecule has 1 aliphatic rings. The zero-order valence-corrected chi connectivity index (χ0v) is 24.2. The fraction of sp³-hybridized carbons (Fsp3) is 0. The molecule has 0 aliphatic carbocycles. The Bertz CT molecular complexity index is 2300. The topological polar surface area (TPSA) is 36.3 Å². The molecule has 3 heterocycles. The molecular formula is C41H26N2O2. The molecule has 0 bridgehead atoms. The fourth-order valence-corrected chi connectivity index (χ4v) is 6.32. The molecule has 1 aliphatic heterocycles. The van der Waals surface area contributed by atoms with Crippen molar-refractivity contribution in [3.05, 3.63) is 158 Å². The minimum absolute atomic E-state index is 0.706. The Kier molecular flexibility index (Phi) is 5.78. The second-order valence-electron chi connectivity index (χ2n) is 11.2. The SMILES string of the molecule is c1ccc(-c2cc(-c3ccccc3)nc(-c3ccc(-n4c5ccccc5c5ccc6c(c54)Oc4ccccc4O6)cc3)c2)cc1. The van der Waals surface area contributed by atoms with Crippen molar-refractivity contribution in [1.82, 2.24) is 9.55 Å². The quantitative estimate of drug-likeness (QED) is 0.208. The summed E-state index contributed by atoms with van der Waals surface area (Å²) in [7, 11) is 0. The molecule has 45 heavy (non-hydrogen) atoms. The van der Waals surface area contributed by atoms with Crippen LogP contribution in [0.2, 0.25) is 0 Å². The summed E-state index contributed by atoms with van der Waals surface area (Å²) < 4.78 is 15.1. The number of nitrogens with zero attached hydrogens (tertiary/aromatic N) is 2. The number of rotatable bonds is 4. The van der Waals surface area contributed by atoms with Crippen molar-refractivity contribution < 1.29 is 9.47 Å². The third-order valence-electron chi connectivity index (χ3n) is 8.46. The molecule has 212 valence electrons. The number of fused-ring (bicyclic) bond motifs is 6. The highest BCUT2D eigenvalue weighted by molar-refractivity contribution is 6.12. The second kappa shape index (κ2) is 10.2. The van der Waals surface area contributed by atoms with E-state index in [0.717, 1.165) is 72.6 Å². The number of hydrogen-bond acceptors (Lipinski definition) is 3. The van der Waals surface area contributed by atoms with Gasteiger partial charge in [-0.1, -0.05) is 103 Å². The molecule has 0 radical (unpaired) electrons. The van der Waals surface area contributed by atoms with Gasteiger partial charge < -0.3 is 14.0 Å². The number of para-hydroxylation sites is 3. The predicted molar refractivity (Wildman–Crippen MR) is 181 cm³/mol. The molecular weight excluding hydrogens is 552 g/mol. The first-order chi connectivity index (χ1) is 22.3. The van der Waals surface area contributed by atoms with E-state index in [2.05, 4.69) is 120 Å². The standard InChI is InChI=1S/C41H26N2O2/c1-3-11-27(12-4-1)30-25-34(28-13-5-2-6-14-28)42-35(26-30)29-19-21-31(22-20-29)43-36-16-8-7-15-32(36)33-23-24-39-41(40(33)43)45-38-18-10-9-17-37(38)44-39/h1-26H. The van der Waals surface area contributed by atoms with Crippen LogP contribution in [0.4, 0.5) is 0 Å². The summed E-state index contributed by atoms with van der Waals surface area (Å²) in [5.74, 6) is 2.85. The molecule has 0 amide bonds. The van der Waals surface area contributed by atoms with Gasteiger partial charge >= 0.3 is 0 Å². The van der Waals surface area contributed by atoms with Gasteiger partial charge in [-0.2, -0.15) is 0 Å². The van der Waals surface area contributed by atoms with Crippen LogP contribution in [-0.4, -0.2) is 9.55 Å². The van der Waals surface area contributed by atoms with Gasteiger partial charge in [0.2, 0.25) is 0 Å². The summed E-state index contributed by atoms with van der Waals surface area (Å²) in [6.45, 7) is 0. The van der Waals surface area contributed by atoms with E-state index < -0.39 is 0 Å². The number of ether oxygens (including phenoxy) is 2. The van der Waals surface area contributed by atoms with Crippen LogP contribution in [0.15, 0.2) is 158 Å². The first-order valence-corrected chi connectivity index (χ1v) is 15.0. The lowest BCUT2D eigenvalue weighted by Crippen LogP contribution is -2.02. The summed E-state index contributed by atoms with van der Waals surface area (Å²) in [6.07, 6.45) is 0. The van der Waals surface area contributed by atoms with E-state index in [9.17, 15) is 0 Å². The molecule has 0 fully saturated rings. The maximum absolute atomic E-state index is 6.53. The third-order valence-corrected chi connectivity index (χ3v) is 8.46. The van der Waals surface area contributed by atoms with Gasteiger partial charge in [0.25, 0.3) is 0 Å². The van der Waals surface area contributed by atoms with E-state index >= 15 is 0 Å². The monoisotopic (exact) mass is 578 g/mol. The Morgan fingerprint density at radius 2 is 1.02 bits per heavy atom. The highest BCUT2D eigenvalue weighted by Crippen LogP contribution is 2.50. The van der Waals surface area contributed by atoms with Crippen LogP contribution >= 0.6 is 0 Å². The molecule has 0 saturated heterocycles. The van der Waals surface area contributed by atoms with Crippen molar-refractivity contribution in [2.45, 2.75) is 0 Å². The second-order valence-corrected chi connectivity index (χ2v) is 11.2. The molecule has 0 atom stereocenters. The molecule has 0 saturated carbocycles. The van der Waals surface area contributed by atoms with Crippen molar-refractivity contribution >= 4 is 21.8 Å². The van der Waals surface area contributed by atoms with Crippen LogP contribution < -0.4 is 9.47 Å². The minimum Gasteiger partial charge on any atom is -0.449 e. The van der Waals surface area contributed by atoms with E-state index in [0.29, 0.717) is 11.5 Å². The largest absolute Gasteiger partial charge is 0.449 e. The maximum atomic E-state index is 6.53. The summed E-state index contributed by atoms with van der Waals surface area (Å²) in [5, 5.41) is 2.27. The molecule has 0 spiro atoms. The van der Waals surface area contributed by atoms with Crippen LogP contribution in [0.25, 0.3) is 61.1 Å². The smallest absolute Gasteiger partial charge is 0.194 e. The summed E-state index contributed by atoms with van der Waals surface area (Å²) >= 11 is 0. The highest BCUT2D eigenvalue weighted by atomic mass is 16.6. The molecule has 0 unspecified atom stereocenters. The third kappa shape index (κ3) is 4.27. The minimum atomic E-state index is 0.706. The number of hydrogen-bond donors (Lipinski definition) is 0. The van der Waals surface area contributed by atoms with Crippen LogP contribution in [0.5, 0.6) is 23.0 Å². The zero-order chi connectivity index (χ0) is 29.7. The van der Waals surface area contributed by atoms with Gasteiger partial charge in [0.15, 0.2) is 23.0 Å². The summed E-state index contributed by atoms with van der Waals surface area (Å²) in [5.41, 5.74) is 9.42. The first-order valence-electron chi connectivity index (χ1n) is 15.0. The van der Waals surface area contributed by atoms with Crippen LogP contribution in [0.3, 0.4) is 0 Å². The van der Waals surface area contributed by atoms with Crippen LogP contribution in [0.1, 0.15) is 0 Å². The molecule has 0 N–H and O–H groups in total. The van der Waals surface area contributed by atoms with E-state index in [4.69, 9.17) is 14.5 Å². The molecule has 4 heteroatoms. The van der Waals surface area contributed by atoms with Crippen molar-refractivity contribution in [2.24, 2.45) is 0 Å². The van der Waals surface area contributed by atoms with Crippen molar-refractivity contribution in [3.8, 4) is 62.3 Å². The lowest BCUT2D eigenvalue weighted by Gasteiger charge is -2.22. The Labute approximate surface area is 260 Å². The van der Waals surface area contributed by atoms with Gasteiger partial charge in [-0.3, -0.25) is 0 Å². The van der Waals surface area contributed by atoms with Crippen LogP contribution in [-0.2, 0) is 0 Å². The lowest BCUT2D eigenvalue weighted by molar-refractivity contribution is 0.362. The van der Waals surface area contributed by atoms with Crippen molar-refractivity contribution in [3.63, 3.8) is 0 Å². The number of pyridine rings is 1. The highest BCUT2D eigenvalue weighted by Gasteiger charge is 2.25. The lowest BCUT2D eigenvalue weighted by atomic mass is 10.00. The Morgan fingerprint density at radius 1 is 0.422 bits per heavy atom. The van der Waals surface area contributed by atoms with Gasteiger partial charge in [-0.05, 0) is 65.7 Å². The predicted octanol–water partition coefficient (Wildman–Crippen LogP) is 11.1. The van der Waals surface area contributed by atoms with E-state index in [1.54, 1.807) is 0 Å². The molecule has 9 rings (SSSR count). The molecule has 6 aromatic carbocycles. The summed E-state index contributed by atoms with van der Waals surface area (Å²) in [6, 6.07) is 54.2. The zero-order valence-electron chi connectivity index (χ0n) is 24.2. The molecule has 4 nitrogen and oxygen atoms in total. The van der Waals surface area contributed by atoms with E-state index in [-0.39, 0.29) is 0 Å². The van der Waals surface area contributed by atoms with Crippen LogP contribution in [0, 0.1) is 0 Å². The van der Waals surface area contributed by atoms with Gasteiger partial charge in [0, 0.05) is 27.6 Å². The Hall–Kier alpha value is -6.13. The summed E-state index contributed by atoms with van der Waals surface area (Å²) in [4.78, 5) is 5.13. The van der Waals surface area contributed by atoms with E-state index in [1.807, 2.05) is 42.5 Å². The fourth-order valence-electron chi connectivity index (χ4n) is 6.32. The molecule has 8 aromatic rings. The average Bonchev–Trinajstić information content (AvgIpc) is 3.46. The number of benzene rings is 6.